The number of hydrogen-bond donors (Lipinski definition) is 1. The van der Waals surface area contributed by atoms with Crippen LogP contribution in [0.15, 0.2) is 18.3 Å². The van der Waals surface area contributed by atoms with E-state index in [1.165, 1.54) is 0 Å². The molecule has 2 aromatic rings. The Morgan fingerprint density at radius 2 is 2.04 bits per heavy atom. The minimum absolute atomic E-state index is 0.00440. The maximum Gasteiger partial charge on any atom is 0.317 e. The molecule has 0 aliphatic carbocycles. The molecule has 1 N–H and O–H groups in total. The normalized spacial score (nSPS) is 15.6. The van der Waals surface area contributed by atoms with E-state index in [-0.39, 0.29) is 12.1 Å². The van der Waals surface area contributed by atoms with Crippen molar-refractivity contribution in [2.75, 3.05) is 38.2 Å². The highest BCUT2D eigenvalue weighted by atomic mass is 16.5. The number of nitrogens with one attached hydrogen (secondary N) is 1. The lowest BCUT2D eigenvalue weighted by Gasteiger charge is -2.35. The topological polar surface area (TPSA) is 88.4 Å². The van der Waals surface area contributed by atoms with Gasteiger partial charge in [-0.3, -0.25) is 4.68 Å². The van der Waals surface area contributed by atoms with Gasteiger partial charge < -0.3 is 19.9 Å². The Morgan fingerprint density at radius 3 is 2.67 bits per heavy atom. The number of urea groups is 1. The third-order valence-corrected chi connectivity index (χ3v) is 4.60. The lowest BCUT2D eigenvalue weighted by Crippen LogP contribution is -2.54. The number of hydrogen-bond acceptors (Lipinski definition) is 6. The van der Waals surface area contributed by atoms with Crippen LogP contribution in [0.3, 0.4) is 0 Å². The van der Waals surface area contributed by atoms with Crippen LogP contribution in [0.1, 0.15) is 18.3 Å². The molecule has 146 valence electrons. The van der Waals surface area contributed by atoms with Crippen LogP contribution in [-0.4, -0.2) is 70.0 Å². The molecule has 0 aromatic carbocycles. The summed E-state index contributed by atoms with van der Waals surface area (Å²) >= 11 is 0. The Balaban J connectivity index is 1.50. The number of carbonyl (C=O) groups excluding carboxylic acids is 1. The minimum atomic E-state index is -0.0461. The van der Waals surface area contributed by atoms with Gasteiger partial charge in [-0.15, -0.1) is 0 Å². The molecule has 1 aliphatic rings. The van der Waals surface area contributed by atoms with Crippen molar-refractivity contribution in [3.8, 4) is 5.88 Å². The van der Waals surface area contributed by atoms with E-state index in [0.29, 0.717) is 44.6 Å². The zero-order chi connectivity index (χ0) is 19.4. The number of rotatable bonds is 5. The SMILES string of the molecule is COc1ccnc(N2CCN(C(=O)N[C@H](C)Cn3nc(C)cc3C)CC2)n1. The molecule has 0 radical (unpaired) electrons. The van der Waals surface area contributed by atoms with Gasteiger partial charge in [0.1, 0.15) is 0 Å². The Morgan fingerprint density at radius 1 is 1.30 bits per heavy atom. The monoisotopic (exact) mass is 373 g/mol. The molecule has 1 atom stereocenters. The molecule has 9 heteroatoms. The van der Waals surface area contributed by atoms with E-state index in [0.717, 1.165) is 11.4 Å². The van der Waals surface area contributed by atoms with Crippen molar-refractivity contribution < 1.29 is 9.53 Å². The third-order valence-electron chi connectivity index (χ3n) is 4.60. The van der Waals surface area contributed by atoms with Gasteiger partial charge in [-0.05, 0) is 26.8 Å². The molecular weight excluding hydrogens is 346 g/mol. The average molecular weight is 373 g/mol. The summed E-state index contributed by atoms with van der Waals surface area (Å²) in [5.41, 5.74) is 2.09. The lowest BCUT2D eigenvalue weighted by atomic mass is 10.3. The van der Waals surface area contributed by atoms with E-state index in [2.05, 4.69) is 25.3 Å². The van der Waals surface area contributed by atoms with Gasteiger partial charge in [0.15, 0.2) is 0 Å². The number of anilines is 1. The number of nitrogens with zero attached hydrogens (tertiary/aromatic N) is 6. The van der Waals surface area contributed by atoms with Crippen LogP contribution in [-0.2, 0) is 6.54 Å². The van der Waals surface area contributed by atoms with E-state index in [9.17, 15) is 4.79 Å². The van der Waals surface area contributed by atoms with Crippen molar-refractivity contribution in [3.63, 3.8) is 0 Å². The molecule has 2 aromatic heterocycles. The predicted molar refractivity (Wildman–Crippen MR) is 102 cm³/mol. The van der Waals surface area contributed by atoms with Crippen LogP contribution in [0.5, 0.6) is 5.88 Å². The predicted octanol–water partition coefficient (Wildman–Crippen LogP) is 1.22. The second-order valence-corrected chi connectivity index (χ2v) is 6.83. The second kappa shape index (κ2) is 8.24. The molecule has 3 rings (SSSR count). The number of carbonyl (C=O) groups is 1. The number of amides is 2. The van der Waals surface area contributed by atoms with Gasteiger partial charge in [0.05, 0.1) is 19.3 Å². The van der Waals surface area contributed by atoms with Gasteiger partial charge in [-0.2, -0.15) is 10.1 Å². The second-order valence-electron chi connectivity index (χ2n) is 6.83. The third kappa shape index (κ3) is 4.66. The Labute approximate surface area is 159 Å². The van der Waals surface area contributed by atoms with Crippen LogP contribution >= 0.6 is 0 Å². The molecule has 1 saturated heterocycles. The summed E-state index contributed by atoms with van der Waals surface area (Å²) in [5.74, 6) is 1.17. The summed E-state index contributed by atoms with van der Waals surface area (Å²) in [5, 5.41) is 7.51. The van der Waals surface area contributed by atoms with Gasteiger partial charge in [0.25, 0.3) is 0 Å². The summed E-state index contributed by atoms with van der Waals surface area (Å²) < 4.78 is 7.08. The zero-order valence-electron chi connectivity index (χ0n) is 16.3. The fourth-order valence-corrected chi connectivity index (χ4v) is 3.17. The molecule has 0 saturated carbocycles. The largest absolute Gasteiger partial charge is 0.481 e. The molecule has 9 nitrogen and oxygen atoms in total. The minimum Gasteiger partial charge on any atom is -0.481 e. The molecule has 27 heavy (non-hydrogen) atoms. The van der Waals surface area contributed by atoms with E-state index in [4.69, 9.17) is 4.74 Å². The summed E-state index contributed by atoms with van der Waals surface area (Å²) in [6.07, 6.45) is 1.68. The fraction of sp³-hybridized carbons (Fsp3) is 0.556. The number of ether oxygens (including phenoxy) is 1. The molecule has 0 spiro atoms. The first-order chi connectivity index (χ1) is 13.0. The van der Waals surface area contributed by atoms with Gasteiger partial charge in [0, 0.05) is 50.2 Å². The van der Waals surface area contributed by atoms with Crippen LogP contribution < -0.4 is 15.0 Å². The van der Waals surface area contributed by atoms with Crippen molar-refractivity contribution >= 4 is 12.0 Å². The lowest BCUT2D eigenvalue weighted by molar-refractivity contribution is 0.189. The highest BCUT2D eigenvalue weighted by Crippen LogP contribution is 2.14. The van der Waals surface area contributed by atoms with Crippen molar-refractivity contribution in [1.82, 2.24) is 30.0 Å². The van der Waals surface area contributed by atoms with Crippen LogP contribution in [0.2, 0.25) is 0 Å². The zero-order valence-corrected chi connectivity index (χ0v) is 16.3. The first-order valence-electron chi connectivity index (χ1n) is 9.14. The van der Waals surface area contributed by atoms with Crippen molar-refractivity contribution in [1.29, 1.82) is 0 Å². The maximum atomic E-state index is 12.5. The number of methoxy groups -OCH3 is 1. The molecule has 1 aliphatic heterocycles. The smallest absolute Gasteiger partial charge is 0.317 e. The summed E-state index contributed by atoms with van der Waals surface area (Å²) in [6.45, 7) is 9.27. The van der Waals surface area contributed by atoms with Crippen LogP contribution in [0.25, 0.3) is 0 Å². The molecule has 3 heterocycles. The molecular formula is C18H27N7O2. The summed E-state index contributed by atoms with van der Waals surface area (Å²) in [4.78, 5) is 25.1. The Hall–Kier alpha value is -2.84. The first-order valence-corrected chi connectivity index (χ1v) is 9.14. The standard InChI is InChI=1S/C18H27N7O2/c1-13-11-15(3)25(22-13)12-14(2)20-18(26)24-9-7-23(8-10-24)17-19-6-5-16(21-17)27-4/h5-6,11,14H,7-10,12H2,1-4H3,(H,20,26)/t14-/m1/s1. The van der Waals surface area contributed by atoms with Crippen LogP contribution in [0, 0.1) is 13.8 Å². The highest BCUT2D eigenvalue weighted by molar-refractivity contribution is 5.74. The van der Waals surface area contributed by atoms with E-state index in [1.807, 2.05) is 36.4 Å². The van der Waals surface area contributed by atoms with Crippen molar-refractivity contribution in [2.24, 2.45) is 0 Å². The first kappa shape index (κ1) is 18.9. The number of aryl methyl sites for hydroxylation is 2. The molecule has 0 bridgehead atoms. The van der Waals surface area contributed by atoms with Crippen LogP contribution in [0.4, 0.5) is 10.7 Å². The van der Waals surface area contributed by atoms with E-state index in [1.54, 1.807) is 19.4 Å². The van der Waals surface area contributed by atoms with Crippen molar-refractivity contribution in [2.45, 2.75) is 33.4 Å². The van der Waals surface area contributed by atoms with E-state index < -0.39 is 0 Å². The Bertz CT molecular complexity index is 784. The Kier molecular flexibility index (Phi) is 5.78. The van der Waals surface area contributed by atoms with Gasteiger partial charge in [0.2, 0.25) is 11.8 Å². The average Bonchev–Trinajstić information content (AvgIpc) is 2.98. The quantitative estimate of drug-likeness (QED) is 0.848. The van der Waals surface area contributed by atoms with Gasteiger partial charge >= 0.3 is 6.03 Å². The van der Waals surface area contributed by atoms with Gasteiger partial charge in [-0.25, -0.2) is 9.78 Å². The molecule has 2 amide bonds. The summed E-state index contributed by atoms with van der Waals surface area (Å²) in [7, 11) is 1.58. The number of piperazine rings is 1. The maximum absolute atomic E-state index is 12.5. The fourth-order valence-electron chi connectivity index (χ4n) is 3.17. The number of aromatic nitrogens is 4. The summed E-state index contributed by atoms with van der Waals surface area (Å²) in [6, 6.07) is 3.71. The highest BCUT2D eigenvalue weighted by Gasteiger charge is 2.23. The molecule has 1 fully saturated rings. The molecule has 0 unspecified atom stereocenters. The van der Waals surface area contributed by atoms with E-state index >= 15 is 0 Å². The van der Waals surface area contributed by atoms with Gasteiger partial charge in [-0.1, -0.05) is 0 Å². The van der Waals surface area contributed by atoms with Crippen molar-refractivity contribution in [3.05, 3.63) is 29.7 Å².